The number of benzene rings is 1. The number of amides is 1. The molecular formula is C13H18N4O3S. The summed E-state index contributed by atoms with van der Waals surface area (Å²) in [6.07, 6.45) is 0. The van der Waals surface area contributed by atoms with Crippen LogP contribution in [0.5, 0.6) is 0 Å². The molecule has 114 valence electrons. The van der Waals surface area contributed by atoms with Crippen LogP contribution in [0, 0.1) is 0 Å². The van der Waals surface area contributed by atoms with Gasteiger partial charge in [0.25, 0.3) is 5.91 Å². The Balaban J connectivity index is 2.39. The zero-order valence-electron chi connectivity index (χ0n) is 12.3. The van der Waals surface area contributed by atoms with Crippen LogP contribution in [0.15, 0.2) is 34.2 Å². The SMILES string of the molecule is CN=C1NC(=O)C(C)(c2ccc(S(=O)(=O)N(C)C)cc2)N1. The molecule has 1 unspecified atom stereocenters. The molecule has 2 N–H and O–H groups in total. The van der Waals surface area contributed by atoms with E-state index in [1.54, 1.807) is 26.1 Å². The number of hydrogen-bond acceptors (Lipinski definition) is 4. The molecule has 2 rings (SSSR count). The Hall–Kier alpha value is -1.93. The molecule has 0 bridgehead atoms. The van der Waals surface area contributed by atoms with E-state index in [4.69, 9.17) is 0 Å². The number of aliphatic imine (C=N–C) groups is 1. The fourth-order valence-electron chi connectivity index (χ4n) is 2.04. The van der Waals surface area contributed by atoms with Gasteiger partial charge in [-0.25, -0.2) is 12.7 Å². The maximum absolute atomic E-state index is 12.1. The van der Waals surface area contributed by atoms with E-state index < -0.39 is 15.6 Å². The minimum absolute atomic E-state index is 0.183. The lowest BCUT2D eigenvalue weighted by atomic mass is 9.92. The molecule has 8 heteroatoms. The van der Waals surface area contributed by atoms with Crippen molar-refractivity contribution in [2.75, 3.05) is 21.1 Å². The number of nitrogens with zero attached hydrogens (tertiary/aromatic N) is 2. The standard InChI is InChI=1S/C13H18N4O3S/c1-13(11(18)15-12(14-2)16-13)9-5-7-10(8-6-9)21(19,20)17(3)4/h5-8H,1-4H3,(H2,14,15,16,18). The lowest BCUT2D eigenvalue weighted by Crippen LogP contribution is -2.40. The Labute approximate surface area is 124 Å². The molecule has 1 amide bonds. The summed E-state index contributed by atoms with van der Waals surface area (Å²) in [6, 6.07) is 6.24. The molecule has 1 atom stereocenters. The number of hydrogen-bond donors (Lipinski definition) is 2. The number of nitrogens with one attached hydrogen (secondary N) is 2. The second-order valence-corrected chi connectivity index (χ2v) is 7.24. The first kappa shape index (κ1) is 15.5. The fourth-order valence-corrected chi connectivity index (χ4v) is 2.95. The van der Waals surface area contributed by atoms with Crippen molar-refractivity contribution in [1.82, 2.24) is 14.9 Å². The van der Waals surface area contributed by atoms with Crippen molar-refractivity contribution >= 4 is 21.9 Å². The van der Waals surface area contributed by atoms with Crippen molar-refractivity contribution in [3.63, 3.8) is 0 Å². The first-order chi connectivity index (χ1) is 9.71. The van der Waals surface area contributed by atoms with Crippen molar-refractivity contribution in [3.8, 4) is 0 Å². The average molecular weight is 310 g/mol. The van der Waals surface area contributed by atoms with E-state index in [1.807, 2.05) is 0 Å². The van der Waals surface area contributed by atoms with Crippen molar-refractivity contribution in [3.05, 3.63) is 29.8 Å². The largest absolute Gasteiger partial charge is 0.338 e. The summed E-state index contributed by atoms with van der Waals surface area (Å²) in [5.41, 5.74) is -0.300. The van der Waals surface area contributed by atoms with Gasteiger partial charge in [-0.05, 0) is 24.6 Å². The van der Waals surface area contributed by atoms with Crippen molar-refractivity contribution < 1.29 is 13.2 Å². The zero-order valence-corrected chi connectivity index (χ0v) is 13.2. The van der Waals surface area contributed by atoms with Crippen LogP contribution in [-0.2, 0) is 20.4 Å². The lowest BCUT2D eigenvalue weighted by Gasteiger charge is -2.22. The van der Waals surface area contributed by atoms with Gasteiger partial charge in [0.15, 0.2) is 5.96 Å². The highest BCUT2D eigenvalue weighted by atomic mass is 32.2. The number of rotatable bonds is 3. The summed E-state index contributed by atoms with van der Waals surface area (Å²) in [5, 5.41) is 5.62. The third kappa shape index (κ3) is 2.52. The third-order valence-electron chi connectivity index (χ3n) is 3.49. The van der Waals surface area contributed by atoms with Crippen LogP contribution < -0.4 is 10.6 Å². The lowest BCUT2D eigenvalue weighted by molar-refractivity contribution is -0.123. The summed E-state index contributed by atoms with van der Waals surface area (Å²) in [5.74, 6) is 0.166. The molecule has 1 aliphatic heterocycles. The Kier molecular flexibility index (Phi) is 3.77. The smallest absolute Gasteiger partial charge is 0.256 e. The van der Waals surface area contributed by atoms with Gasteiger partial charge in [-0.3, -0.25) is 15.1 Å². The molecule has 0 spiro atoms. The van der Waals surface area contributed by atoms with Gasteiger partial charge in [0.1, 0.15) is 5.54 Å². The number of carbonyl (C=O) groups is 1. The highest BCUT2D eigenvalue weighted by Crippen LogP contribution is 2.25. The Morgan fingerprint density at radius 1 is 1.19 bits per heavy atom. The molecule has 0 radical (unpaired) electrons. The van der Waals surface area contributed by atoms with E-state index in [-0.39, 0.29) is 10.8 Å². The average Bonchev–Trinajstić information content (AvgIpc) is 2.75. The van der Waals surface area contributed by atoms with Crippen LogP contribution in [0.2, 0.25) is 0 Å². The second-order valence-electron chi connectivity index (χ2n) is 5.09. The van der Waals surface area contributed by atoms with Gasteiger partial charge in [0.2, 0.25) is 10.0 Å². The molecule has 1 aromatic carbocycles. The summed E-state index contributed by atoms with van der Waals surface area (Å²) < 4.78 is 25.2. The van der Waals surface area contributed by atoms with Gasteiger partial charge in [-0.2, -0.15) is 0 Å². The van der Waals surface area contributed by atoms with E-state index in [1.165, 1.54) is 26.2 Å². The first-order valence-corrected chi connectivity index (χ1v) is 7.75. The highest BCUT2D eigenvalue weighted by molar-refractivity contribution is 7.89. The fraction of sp³-hybridized carbons (Fsp3) is 0.385. The Morgan fingerprint density at radius 3 is 2.19 bits per heavy atom. The summed E-state index contributed by atoms with van der Waals surface area (Å²) in [6.45, 7) is 1.72. The van der Waals surface area contributed by atoms with Crippen molar-refractivity contribution in [1.29, 1.82) is 0 Å². The topological polar surface area (TPSA) is 90.9 Å². The van der Waals surface area contributed by atoms with Gasteiger partial charge < -0.3 is 5.32 Å². The molecule has 0 aromatic heterocycles. The van der Waals surface area contributed by atoms with Crippen LogP contribution in [0.25, 0.3) is 0 Å². The zero-order chi connectivity index (χ0) is 15.8. The van der Waals surface area contributed by atoms with Gasteiger partial charge in [-0.1, -0.05) is 12.1 Å². The molecule has 1 aliphatic rings. The second kappa shape index (κ2) is 5.12. The van der Waals surface area contributed by atoms with Gasteiger partial charge in [0, 0.05) is 21.1 Å². The van der Waals surface area contributed by atoms with E-state index in [0.717, 1.165) is 4.31 Å². The van der Waals surface area contributed by atoms with Crippen LogP contribution in [0.4, 0.5) is 0 Å². The van der Waals surface area contributed by atoms with Crippen LogP contribution in [0.3, 0.4) is 0 Å². The maximum Gasteiger partial charge on any atom is 0.256 e. The monoisotopic (exact) mass is 310 g/mol. The molecular weight excluding hydrogens is 292 g/mol. The predicted octanol–water partition coefficient (Wildman–Crippen LogP) is -0.143. The van der Waals surface area contributed by atoms with Gasteiger partial charge >= 0.3 is 0 Å². The predicted molar refractivity (Wildman–Crippen MR) is 79.3 cm³/mol. The molecule has 7 nitrogen and oxygen atoms in total. The minimum Gasteiger partial charge on any atom is -0.338 e. The van der Waals surface area contributed by atoms with Crippen LogP contribution in [0.1, 0.15) is 12.5 Å². The van der Waals surface area contributed by atoms with Crippen LogP contribution in [-0.4, -0.2) is 45.7 Å². The molecule has 1 heterocycles. The number of carbonyl (C=O) groups excluding carboxylic acids is 1. The minimum atomic E-state index is -3.48. The maximum atomic E-state index is 12.1. The normalized spacial score (nSPS) is 24.2. The van der Waals surface area contributed by atoms with Gasteiger partial charge in [-0.15, -0.1) is 0 Å². The molecule has 1 aromatic rings. The van der Waals surface area contributed by atoms with E-state index in [2.05, 4.69) is 15.6 Å². The summed E-state index contributed by atoms with van der Waals surface area (Å²) in [4.78, 5) is 16.2. The van der Waals surface area contributed by atoms with Crippen LogP contribution >= 0.6 is 0 Å². The highest BCUT2D eigenvalue weighted by Gasteiger charge is 2.42. The quantitative estimate of drug-likeness (QED) is 0.813. The first-order valence-electron chi connectivity index (χ1n) is 6.31. The molecule has 1 saturated heterocycles. The van der Waals surface area contributed by atoms with Crippen molar-refractivity contribution in [2.45, 2.75) is 17.4 Å². The number of sulfonamides is 1. The Morgan fingerprint density at radius 2 is 1.76 bits per heavy atom. The third-order valence-corrected chi connectivity index (χ3v) is 5.32. The van der Waals surface area contributed by atoms with E-state index in [9.17, 15) is 13.2 Å². The summed E-state index contributed by atoms with van der Waals surface area (Å²) >= 11 is 0. The molecule has 0 saturated carbocycles. The number of guanidine groups is 1. The molecule has 1 fully saturated rings. The van der Waals surface area contributed by atoms with Gasteiger partial charge in [0.05, 0.1) is 4.90 Å². The van der Waals surface area contributed by atoms with E-state index in [0.29, 0.717) is 11.5 Å². The summed E-state index contributed by atoms with van der Waals surface area (Å²) in [7, 11) is 1.04. The molecule has 21 heavy (non-hydrogen) atoms. The van der Waals surface area contributed by atoms with Crippen molar-refractivity contribution in [2.24, 2.45) is 4.99 Å². The van der Waals surface area contributed by atoms with E-state index >= 15 is 0 Å². The molecule has 0 aliphatic carbocycles. The Bertz CT molecular complexity index is 695.